The summed E-state index contributed by atoms with van der Waals surface area (Å²) < 4.78 is 7.52. The number of hydrogen-bond donors (Lipinski definition) is 1. The summed E-state index contributed by atoms with van der Waals surface area (Å²) in [5.41, 5.74) is 4.21. The third-order valence-electron chi connectivity index (χ3n) is 4.84. The molecule has 1 unspecified atom stereocenters. The standard InChI is InChI=1S/C24H22N2O2/c1-18-9-8-14-22-21(18)15-16-26(22)23(20-12-6-3-7-13-20)25-24(27)28-17-19-10-4-2-5-11-19/h2-16,23H,17H2,1H3,(H,25,27). The number of carbonyl (C=O) groups excluding carboxylic acids is 1. The van der Waals surface area contributed by atoms with Crippen molar-refractivity contribution in [1.82, 2.24) is 9.88 Å². The SMILES string of the molecule is Cc1cccc2c1ccn2C(NC(=O)OCc1ccccc1)c1ccccc1. The molecule has 1 N–H and O–H groups in total. The summed E-state index contributed by atoms with van der Waals surface area (Å²) in [7, 11) is 0. The predicted octanol–water partition coefficient (Wildman–Crippen LogP) is 5.42. The summed E-state index contributed by atoms with van der Waals surface area (Å²) in [5, 5.41) is 4.19. The van der Waals surface area contributed by atoms with Crippen molar-refractivity contribution < 1.29 is 9.53 Å². The summed E-state index contributed by atoms with van der Waals surface area (Å²) in [6.07, 6.45) is 1.20. The van der Waals surface area contributed by atoms with E-state index < -0.39 is 6.09 Å². The van der Waals surface area contributed by atoms with E-state index in [1.54, 1.807) is 0 Å². The third kappa shape index (κ3) is 3.76. The van der Waals surface area contributed by atoms with Crippen LogP contribution in [0.3, 0.4) is 0 Å². The lowest BCUT2D eigenvalue weighted by Gasteiger charge is -2.22. The molecule has 0 aliphatic heterocycles. The minimum absolute atomic E-state index is 0.236. The van der Waals surface area contributed by atoms with Crippen molar-refractivity contribution in [3.63, 3.8) is 0 Å². The predicted molar refractivity (Wildman–Crippen MR) is 111 cm³/mol. The molecule has 4 aromatic rings. The fourth-order valence-electron chi connectivity index (χ4n) is 3.39. The zero-order chi connectivity index (χ0) is 19.3. The van der Waals surface area contributed by atoms with Gasteiger partial charge >= 0.3 is 6.09 Å². The van der Waals surface area contributed by atoms with Crippen LogP contribution in [0.1, 0.15) is 22.9 Å². The first-order chi connectivity index (χ1) is 13.7. The number of benzene rings is 3. The minimum atomic E-state index is -0.452. The average molecular weight is 370 g/mol. The van der Waals surface area contributed by atoms with Crippen LogP contribution in [0.15, 0.2) is 91.1 Å². The van der Waals surface area contributed by atoms with Crippen molar-refractivity contribution in [3.05, 3.63) is 108 Å². The third-order valence-corrected chi connectivity index (χ3v) is 4.84. The van der Waals surface area contributed by atoms with Crippen LogP contribution in [0.4, 0.5) is 4.79 Å². The Morgan fingerprint density at radius 2 is 1.64 bits per heavy atom. The fraction of sp³-hybridized carbons (Fsp3) is 0.125. The van der Waals surface area contributed by atoms with Gasteiger partial charge in [0.15, 0.2) is 0 Å². The van der Waals surface area contributed by atoms with Crippen molar-refractivity contribution in [3.8, 4) is 0 Å². The van der Waals surface area contributed by atoms with Crippen molar-refractivity contribution in [1.29, 1.82) is 0 Å². The van der Waals surface area contributed by atoms with Gasteiger partial charge in [0, 0.05) is 11.6 Å². The second-order valence-electron chi connectivity index (χ2n) is 6.75. The molecule has 28 heavy (non-hydrogen) atoms. The highest BCUT2D eigenvalue weighted by Gasteiger charge is 2.19. The molecule has 1 aromatic heterocycles. The number of fused-ring (bicyclic) bond motifs is 1. The van der Waals surface area contributed by atoms with Crippen LogP contribution < -0.4 is 5.32 Å². The minimum Gasteiger partial charge on any atom is -0.445 e. The van der Waals surface area contributed by atoms with E-state index in [0.717, 1.165) is 16.6 Å². The molecular weight excluding hydrogens is 348 g/mol. The van der Waals surface area contributed by atoms with E-state index in [0.29, 0.717) is 0 Å². The Morgan fingerprint density at radius 1 is 0.929 bits per heavy atom. The van der Waals surface area contributed by atoms with E-state index in [-0.39, 0.29) is 12.8 Å². The first-order valence-electron chi connectivity index (χ1n) is 9.31. The van der Waals surface area contributed by atoms with Gasteiger partial charge in [0.05, 0.1) is 5.52 Å². The number of hydrogen-bond acceptors (Lipinski definition) is 2. The fourth-order valence-corrected chi connectivity index (χ4v) is 3.39. The zero-order valence-electron chi connectivity index (χ0n) is 15.7. The van der Waals surface area contributed by atoms with E-state index >= 15 is 0 Å². The first-order valence-corrected chi connectivity index (χ1v) is 9.31. The maximum absolute atomic E-state index is 12.6. The Labute approximate surface area is 164 Å². The van der Waals surface area contributed by atoms with Crippen LogP contribution in [0.25, 0.3) is 10.9 Å². The molecule has 4 nitrogen and oxygen atoms in total. The topological polar surface area (TPSA) is 43.3 Å². The Morgan fingerprint density at radius 3 is 2.39 bits per heavy atom. The molecule has 1 atom stereocenters. The van der Waals surface area contributed by atoms with Crippen molar-refractivity contribution in [2.24, 2.45) is 0 Å². The molecule has 0 saturated heterocycles. The normalized spacial score (nSPS) is 11.9. The lowest BCUT2D eigenvalue weighted by molar-refractivity contribution is 0.134. The lowest BCUT2D eigenvalue weighted by Crippen LogP contribution is -2.33. The molecule has 0 saturated carbocycles. The highest BCUT2D eigenvalue weighted by molar-refractivity contribution is 5.84. The Kier molecular flexibility index (Phi) is 5.11. The molecule has 3 aromatic carbocycles. The van der Waals surface area contributed by atoms with Crippen molar-refractivity contribution >= 4 is 17.0 Å². The number of carbonyl (C=O) groups is 1. The second-order valence-corrected chi connectivity index (χ2v) is 6.75. The molecule has 0 spiro atoms. The molecule has 0 fully saturated rings. The summed E-state index contributed by atoms with van der Waals surface area (Å²) in [6, 6.07) is 27.8. The van der Waals surface area contributed by atoms with Crippen molar-refractivity contribution in [2.75, 3.05) is 0 Å². The quantitative estimate of drug-likeness (QED) is 0.509. The van der Waals surface area contributed by atoms with Gasteiger partial charge in [0.2, 0.25) is 0 Å². The second kappa shape index (κ2) is 8.01. The Hall–Kier alpha value is -3.53. The number of nitrogens with one attached hydrogen (secondary N) is 1. The van der Waals surface area contributed by atoms with E-state index in [4.69, 9.17) is 4.74 Å². The van der Waals surface area contributed by atoms with Gasteiger partial charge in [0.25, 0.3) is 0 Å². The van der Waals surface area contributed by atoms with Crippen LogP contribution in [-0.4, -0.2) is 10.7 Å². The monoisotopic (exact) mass is 370 g/mol. The average Bonchev–Trinajstić information content (AvgIpc) is 3.17. The molecule has 0 aliphatic rings. The Balaban J connectivity index is 1.61. The van der Waals surface area contributed by atoms with E-state index in [1.165, 1.54) is 10.9 Å². The van der Waals surface area contributed by atoms with Gasteiger partial charge in [0.1, 0.15) is 12.8 Å². The molecule has 0 radical (unpaired) electrons. The zero-order valence-corrected chi connectivity index (χ0v) is 15.7. The largest absolute Gasteiger partial charge is 0.445 e. The molecule has 1 heterocycles. The van der Waals surface area contributed by atoms with Gasteiger partial charge in [-0.2, -0.15) is 0 Å². The van der Waals surface area contributed by atoms with E-state index in [9.17, 15) is 4.79 Å². The number of alkyl carbamates (subject to hydrolysis) is 1. The highest BCUT2D eigenvalue weighted by atomic mass is 16.5. The molecule has 0 aliphatic carbocycles. The summed E-state index contributed by atoms with van der Waals surface area (Å²) >= 11 is 0. The molecule has 140 valence electrons. The molecule has 1 amide bonds. The number of rotatable bonds is 5. The van der Waals surface area contributed by atoms with Crippen LogP contribution in [0.5, 0.6) is 0 Å². The van der Waals surface area contributed by atoms with Gasteiger partial charge < -0.3 is 9.30 Å². The number of ether oxygens (including phenoxy) is 1. The maximum atomic E-state index is 12.6. The molecule has 4 rings (SSSR count). The van der Waals surface area contributed by atoms with Crippen molar-refractivity contribution in [2.45, 2.75) is 19.7 Å². The van der Waals surface area contributed by atoms with Gasteiger partial charge in [-0.1, -0.05) is 72.8 Å². The van der Waals surface area contributed by atoms with Gasteiger partial charge in [-0.3, -0.25) is 5.32 Å². The summed E-state index contributed by atoms with van der Waals surface area (Å²) in [4.78, 5) is 12.6. The van der Waals surface area contributed by atoms with Crippen LogP contribution in [0.2, 0.25) is 0 Å². The van der Waals surface area contributed by atoms with Crippen LogP contribution >= 0.6 is 0 Å². The van der Waals surface area contributed by atoms with Gasteiger partial charge in [-0.25, -0.2) is 4.79 Å². The smallest absolute Gasteiger partial charge is 0.409 e. The van der Waals surface area contributed by atoms with E-state index in [2.05, 4.69) is 35.0 Å². The number of aromatic nitrogens is 1. The number of amides is 1. The Bertz CT molecular complexity index is 1070. The molecule has 4 heteroatoms. The highest BCUT2D eigenvalue weighted by Crippen LogP contribution is 2.25. The molecular formula is C24H22N2O2. The maximum Gasteiger partial charge on any atom is 0.409 e. The van der Waals surface area contributed by atoms with Crippen LogP contribution in [-0.2, 0) is 11.3 Å². The number of aryl methyl sites for hydroxylation is 1. The molecule has 0 bridgehead atoms. The number of nitrogens with zero attached hydrogens (tertiary/aromatic N) is 1. The van der Waals surface area contributed by atoms with Gasteiger partial charge in [-0.15, -0.1) is 0 Å². The van der Waals surface area contributed by atoms with Crippen LogP contribution in [0, 0.1) is 6.92 Å². The summed E-state index contributed by atoms with van der Waals surface area (Å²) in [6.45, 7) is 2.32. The van der Waals surface area contributed by atoms with Gasteiger partial charge in [-0.05, 0) is 35.7 Å². The van der Waals surface area contributed by atoms with E-state index in [1.807, 2.05) is 72.9 Å². The first kappa shape index (κ1) is 17.9. The summed E-state index contributed by atoms with van der Waals surface area (Å²) in [5.74, 6) is 0. The lowest BCUT2D eigenvalue weighted by atomic mass is 10.1.